The van der Waals surface area contributed by atoms with Gasteiger partial charge < -0.3 is 4.74 Å². The molecule has 0 rings (SSSR count). The molecule has 0 unspecified atom stereocenters. The first-order chi connectivity index (χ1) is 8.31. The van der Waals surface area contributed by atoms with Crippen LogP contribution in [-0.2, 0) is 9.53 Å². The van der Waals surface area contributed by atoms with E-state index in [1.807, 2.05) is 0 Å². The average Bonchev–Trinajstić information content (AvgIpc) is 2.35. The van der Waals surface area contributed by atoms with Gasteiger partial charge in [0, 0.05) is 6.08 Å². The third-order valence-electron chi connectivity index (χ3n) is 2.58. The fourth-order valence-corrected chi connectivity index (χ4v) is 1.59. The number of ether oxygens (including phenoxy) is 1. The SMILES string of the molecule is C=CC(=O)OCCCCCCCC/C=C/CC. The molecule has 2 nitrogen and oxygen atoms in total. The first kappa shape index (κ1) is 16.0. The van der Waals surface area contributed by atoms with Crippen LogP contribution in [0.5, 0.6) is 0 Å². The zero-order chi connectivity index (χ0) is 12.8. The summed E-state index contributed by atoms with van der Waals surface area (Å²) in [6, 6.07) is 0. The lowest BCUT2D eigenvalue weighted by Crippen LogP contribution is -2.01. The lowest BCUT2D eigenvalue weighted by molar-refractivity contribution is -0.137. The van der Waals surface area contributed by atoms with E-state index in [0.29, 0.717) is 6.61 Å². The van der Waals surface area contributed by atoms with Crippen LogP contribution in [0.2, 0.25) is 0 Å². The highest BCUT2D eigenvalue weighted by molar-refractivity contribution is 5.81. The van der Waals surface area contributed by atoms with Gasteiger partial charge in [-0.2, -0.15) is 0 Å². The van der Waals surface area contributed by atoms with Gasteiger partial charge in [0.25, 0.3) is 0 Å². The molecule has 98 valence electrons. The van der Waals surface area contributed by atoms with Gasteiger partial charge in [-0.05, 0) is 25.7 Å². The lowest BCUT2D eigenvalue weighted by atomic mass is 10.1. The summed E-state index contributed by atoms with van der Waals surface area (Å²) in [5.74, 6) is -0.312. The highest BCUT2D eigenvalue weighted by atomic mass is 16.5. The summed E-state index contributed by atoms with van der Waals surface area (Å²) in [5.41, 5.74) is 0. The van der Waals surface area contributed by atoms with Crippen molar-refractivity contribution in [3.8, 4) is 0 Å². The summed E-state index contributed by atoms with van der Waals surface area (Å²) in [5, 5.41) is 0. The van der Waals surface area contributed by atoms with E-state index >= 15 is 0 Å². The molecule has 2 heteroatoms. The minimum absolute atomic E-state index is 0.312. The fraction of sp³-hybridized carbons (Fsp3) is 0.667. The molecule has 0 N–H and O–H groups in total. The summed E-state index contributed by atoms with van der Waals surface area (Å²) in [6.45, 7) is 6.04. The maximum Gasteiger partial charge on any atom is 0.330 e. The third kappa shape index (κ3) is 12.9. The molecule has 0 aromatic heterocycles. The van der Waals surface area contributed by atoms with Crippen molar-refractivity contribution in [2.75, 3.05) is 6.61 Å². The normalized spacial score (nSPS) is 10.6. The zero-order valence-electron chi connectivity index (χ0n) is 11.1. The van der Waals surface area contributed by atoms with Gasteiger partial charge in [-0.15, -0.1) is 0 Å². The molecule has 17 heavy (non-hydrogen) atoms. The predicted molar refractivity (Wildman–Crippen MR) is 72.9 cm³/mol. The van der Waals surface area contributed by atoms with E-state index in [9.17, 15) is 4.79 Å². The topological polar surface area (TPSA) is 26.3 Å². The largest absolute Gasteiger partial charge is 0.463 e. The Morgan fingerprint density at radius 1 is 1.06 bits per heavy atom. The van der Waals surface area contributed by atoms with Gasteiger partial charge in [0.15, 0.2) is 0 Å². The highest BCUT2D eigenvalue weighted by Gasteiger charge is 1.95. The first-order valence-corrected chi connectivity index (χ1v) is 6.75. The highest BCUT2D eigenvalue weighted by Crippen LogP contribution is 2.07. The van der Waals surface area contributed by atoms with Crippen LogP contribution in [0.15, 0.2) is 24.8 Å². The Morgan fingerprint density at radius 2 is 1.71 bits per heavy atom. The van der Waals surface area contributed by atoms with Crippen molar-refractivity contribution in [1.29, 1.82) is 0 Å². The van der Waals surface area contributed by atoms with E-state index in [0.717, 1.165) is 19.3 Å². The molecule has 0 saturated carbocycles. The summed E-state index contributed by atoms with van der Waals surface area (Å²) >= 11 is 0. The molecular weight excluding hydrogens is 212 g/mol. The smallest absolute Gasteiger partial charge is 0.330 e. The van der Waals surface area contributed by atoms with Crippen LogP contribution in [0, 0.1) is 0 Å². The number of carbonyl (C=O) groups is 1. The molecule has 0 radical (unpaired) electrons. The second kappa shape index (κ2) is 13.0. The summed E-state index contributed by atoms with van der Waals surface area (Å²) in [6.07, 6.45) is 15.3. The molecule has 0 spiro atoms. The number of carbonyl (C=O) groups excluding carboxylic acids is 1. The van der Waals surface area contributed by atoms with Crippen molar-refractivity contribution in [2.24, 2.45) is 0 Å². The Bertz CT molecular complexity index is 219. The van der Waals surface area contributed by atoms with Crippen molar-refractivity contribution in [2.45, 2.75) is 58.3 Å². The molecular formula is C15H26O2. The number of hydrogen-bond acceptors (Lipinski definition) is 2. The Hall–Kier alpha value is -1.05. The number of esters is 1. The predicted octanol–water partition coefficient (Wildman–Crippen LogP) is 4.41. The third-order valence-corrected chi connectivity index (χ3v) is 2.58. The standard InChI is InChI=1S/C15H26O2/c1-3-5-6-7-8-9-10-11-12-13-14-17-15(16)4-2/h4-6H,2-3,7-14H2,1H3/b6-5+. The monoisotopic (exact) mass is 238 g/mol. The lowest BCUT2D eigenvalue weighted by Gasteiger charge is -2.02. The molecule has 0 aliphatic rings. The molecule has 0 saturated heterocycles. The molecule has 0 heterocycles. The molecule has 0 bridgehead atoms. The van der Waals surface area contributed by atoms with Gasteiger partial charge >= 0.3 is 5.97 Å². The Morgan fingerprint density at radius 3 is 2.35 bits per heavy atom. The van der Waals surface area contributed by atoms with E-state index in [-0.39, 0.29) is 5.97 Å². The zero-order valence-corrected chi connectivity index (χ0v) is 11.1. The van der Waals surface area contributed by atoms with E-state index in [1.165, 1.54) is 38.2 Å². The van der Waals surface area contributed by atoms with Crippen LogP contribution in [0.1, 0.15) is 58.3 Å². The summed E-state index contributed by atoms with van der Waals surface area (Å²) in [4.78, 5) is 10.7. The van der Waals surface area contributed by atoms with Crippen LogP contribution in [0.25, 0.3) is 0 Å². The number of rotatable bonds is 11. The van der Waals surface area contributed by atoms with Gasteiger partial charge in [-0.3, -0.25) is 0 Å². The van der Waals surface area contributed by atoms with Crippen molar-refractivity contribution >= 4 is 5.97 Å². The maximum atomic E-state index is 10.7. The minimum Gasteiger partial charge on any atom is -0.463 e. The molecule has 0 fully saturated rings. The summed E-state index contributed by atoms with van der Waals surface area (Å²) in [7, 11) is 0. The van der Waals surface area contributed by atoms with Crippen LogP contribution < -0.4 is 0 Å². The van der Waals surface area contributed by atoms with Crippen molar-refractivity contribution in [3.05, 3.63) is 24.8 Å². The molecule has 0 aliphatic heterocycles. The van der Waals surface area contributed by atoms with Crippen molar-refractivity contribution < 1.29 is 9.53 Å². The fourth-order valence-electron chi connectivity index (χ4n) is 1.59. The van der Waals surface area contributed by atoms with E-state index in [4.69, 9.17) is 4.74 Å². The van der Waals surface area contributed by atoms with E-state index in [1.54, 1.807) is 0 Å². The molecule has 0 aliphatic carbocycles. The van der Waals surface area contributed by atoms with Gasteiger partial charge in [-0.1, -0.05) is 51.3 Å². The molecule has 0 atom stereocenters. The van der Waals surface area contributed by atoms with Crippen LogP contribution in [-0.4, -0.2) is 12.6 Å². The van der Waals surface area contributed by atoms with Gasteiger partial charge in [0.05, 0.1) is 6.61 Å². The number of unbranched alkanes of at least 4 members (excludes halogenated alkanes) is 6. The van der Waals surface area contributed by atoms with Gasteiger partial charge in [0.1, 0.15) is 0 Å². The average molecular weight is 238 g/mol. The van der Waals surface area contributed by atoms with Gasteiger partial charge in [0.2, 0.25) is 0 Å². The van der Waals surface area contributed by atoms with E-state index < -0.39 is 0 Å². The molecule has 0 amide bonds. The van der Waals surface area contributed by atoms with Crippen LogP contribution in [0.3, 0.4) is 0 Å². The Kier molecular flexibility index (Phi) is 12.2. The van der Waals surface area contributed by atoms with Crippen molar-refractivity contribution in [3.63, 3.8) is 0 Å². The Balaban J connectivity index is 3.06. The quantitative estimate of drug-likeness (QED) is 0.231. The second-order valence-electron chi connectivity index (χ2n) is 4.16. The van der Waals surface area contributed by atoms with E-state index in [2.05, 4.69) is 25.7 Å². The number of hydrogen-bond donors (Lipinski definition) is 0. The molecule has 0 aromatic rings. The molecule has 0 aromatic carbocycles. The number of allylic oxidation sites excluding steroid dienone is 2. The van der Waals surface area contributed by atoms with Gasteiger partial charge in [-0.25, -0.2) is 4.79 Å². The Labute approximate surface area is 106 Å². The van der Waals surface area contributed by atoms with Crippen molar-refractivity contribution in [1.82, 2.24) is 0 Å². The minimum atomic E-state index is -0.312. The van der Waals surface area contributed by atoms with Crippen LogP contribution >= 0.6 is 0 Å². The van der Waals surface area contributed by atoms with Crippen LogP contribution in [0.4, 0.5) is 0 Å². The summed E-state index contributed by atoms with van der Waals surface area (Å²) < 4.78 is 4.90. The maximum absolute atomic E-state index is 10.7. The first-order valence-electron chi connectivity index (χ1n) is 6.75. The second-order valence-corrected chi connectivity index (χ2v) is 4.16.